The molecular weight excluding hydrogens is 216 g/mol. The van der Waals surface area contributed by atoms with Gasteiger partial charge in [-0.05, 0) is 18.6 Å². The van der Waals surface area contributed by atoms with Crippen LogP contribution in [0.15, 0.2) is 18.2 Å². The van der Waals surface area contributed by atoms with Crippen molar-refractivity contribution in [3.8, 4) is 0 Å². The van der Waals surface area contributed by atoms with E-state index in [1.807, 2.05) is 0 Å². The largest absolute Gasteiger partial charge is 0.394 e. The van der Waals surface area contributed by atoms with Crippen molar-refractivity contribution in [2.75, 3.05) is 6.61 Å². The molecule has 1 atom stereocenters. The number of carbonyl (C=O) groups is 1. The van der Waals surface area contributed by atoms with Crippen LogP contribution < -0.4 is 5.32 Å². The van der Waals surface area contributed by atoms with Crippen LogP contribution in [0.1, 0.15) is 23.7 Å². The van der Waals surface area contributed by atoms with Gasteiger partial charge in [-0.25, -0.2) is 8.78 Å². The van der Waals surface area contributed by atoms with Gasteiger partial charge in [0.2, 0.25) is 0 Å². The number of halogens is 2. The van der Waals surface area contributed by atoms with Crippen LogP contribution in [0.4, 0.5) is 8.78 Å². The fourth-order valence-corrected chi connectivity index (χ4v) is 1.25. The van der Waals surface area contributed by atoms with Gasteiger partial charge in [0.25, 0.3) is 5.91 Å². The van der Waals surface area contributed by atoms with Gasteiger partial charge in [-0.1, -0.05) is 13.0 Å². The van der Waals surface area contributed by atoms with Gasteiger partial charge in [-0.2, -0.15) is 0 Å². The molecular formula is C11H13F2NO2. The first kappa shape index (κ1) is 12.6. The summed E-state index contributed by atoms with van der Waals surface area (Å²) < 4.78 is 26.4. The molecule has 0 aliphatic carbocycles. The molecule has 0 heterocycles. The third-order valence-corrected chi connectivity index (χ3v) is 2.24. The van der Waals surface area contributed by atoms with Crippen LogP contribution in [0.25, 0.3) is 0 Å². The fraction of sp³-hybridized carbons (Fsp3) is 0.364. The van der Waals surface area contributed by atoms with Crippen molar-refractivity contribution >= 4 is 5.91 Å². The first-order chi connectivity index (χ1) is 7.60. The van der Waals surface area contributed by atoms with E-state index in [1.54, 1.807) is 6.92 Å². The third-order valence-electron chi connectivity index (χ3n) is 2.24. The summed E-state index contributed by atoms with van der Waals surface area (Å²) in [6, 6.07) is 2.71. The molecule has 88 valence electrons. The molecule has 0 aromatic heterocycles. The van der Waals surface area contributed by atoms with Crippen LogP contribution in [0, 0.1) is 11.6 Å². The molecule has 0 unspecified atom stereocenters. The number of rotatable bonds is 4. The molecule has 1 aromatic rings. The van der Waals surface area contributed by atoms with Gasteiger partial charge in [-0.3, -0.25) is 4.79 Å². The highest BCUT2D eigenvalue weighted by molar-refractivity contribution is 5.94. The van der Waals surface area contributed by atoms with E-state index in [2.05, 4.69) is 5.32 Å². The van der Waals surface area contributed by atoms with Crippen molar-refractivity contribution in [2.45, 2.75) is 19.4 Å². The van der Waals surface area contributed by atoms with Gasteiger partial charge in [0.05, 0.1) is 12.6 Å². The van der Waals surface area contributed by atoms with E-state index in [0.29, 0.717) is 6.42 Å². The Hall–Kier alpha value is -1.49. The van der Waals surface area contributed by atoms with Crippen LogP contribution in [-0.4, -0.2) is 23.7 Å². The number of benzene rings is 1. The minimum absolute atomic E-state index is 0.266. The average molecular weight is 229 g/mol. The van der Waals surface area contributed by atoms with Crippen molar-refractivity contribution in [3.05, 3.63) is 35.4 Å². The van der Waals surface area contributed by atoms with Gasteiger partial charge in [0, 0.05) is 0 Å². The highest BCUT2D eigenvalue weighted by atomic mass is 19.1. The van der Waals surface area contributed by atoms with E-state index in [9.17, 15) is 13.6 Å². The minimum atomic E-state index is -0.912. The topological polar surface area (TPSA) is 49.3 Å². The third kappa shape index (κ3) is 2.76. The molecule has 0 spiro atoms. The lowest BCUT2D eigenvalue weighted by atomic mass is 10.1. The van der Waals surface area contributed by atoms with Crippen molar-refractivity contribution in [1.82, 2.24) is 5.32 Å². The summed E-state index contributed by atoms with van der Waals surface area (Å²) in [7, 11) is 0. The van der Waals surface area contributed by atoms with E-state index in [0.717, 1.165) is 12.1 Å². The van der Waals surface area contributed by atoms with E-state index >= 15 is 0 Å². The van der Waals surface area contributed by atoms with Crippen LogP contribution in [0.5, 0.6) is 0 Å². The molecule has 0 aliphatic rings. The van der Waals surface area contributed by atoms with E-state index in [4.69, 9.17) is 5.11 Å². The van der Waals surface area contributed by atoms with Crippen LogP contribution in [0.3, 0.4) is 0 Å². The number of amides is 1. The van der Waals surface area contributed by atoms with Crippen LogP contribution in [-0.2, 0) is 0 Å². The molecule has 1 amide bonds. The smallest absolute Gasteiger partial charge is 0.257 e. The van der Waals surface area contributed by atoms with Gasteiger partial charge in [0.15, 0.2) is 0 Å². The van der Waals surface area contributed by atoms with Gasteiger partial charge in [-0.15, -0.1) is 0 Å². The Morgan fingerprint density at radius 1 is 1.44 bits per heavy atom. The summed E-state index contributed by atoms with van der Waals surface area (Å²) in [5.74, 6) is -2.67. The predicted octanol–water partition coefficient (Wildman–Crippen LogP) is 1.47. The Balaban J connectivity index is 2.88. The number of hydrogen-bond donors (Lipinski definition) is 2. The lowest BCUT2D eigenvalue weighted by Gasteiger charge is -2.14. The molecule has 5 heteroatoms. The summed E-state index contributed by atoms with van der Waals surface area (Å²) in [4.78, 5) is 11.5. The maximum atomic E-state index is 13.2. The van der Waals surface area contributed by atoms with Gasteiger partial charge >= 0.3 is 0 Å². The summed E-state index contributed by atoms with van der Waals surface area (Å²) in [5.41, 5.74) is -0.616. The quantitative estimate of drug-likeness (QED) is 0.821. The second-order valence-electron chi connectivity index (χ2n) is 3.36. The number of aliphatic hydroxyl groups excluding tert-OH is 1. The lowest BCUT2D eigenvalue weighted by molar-refractivity contribution is 0.0906. The zero-order chi connectivity index (χ0) is 12.1. The molecule has 0 saturated heterocycles. The standard InChI is InChI=1S/C11H13F2NO2/c1-2-7(6-15)14-11(16)10-8(12)4-3-5-9(10)13/h3-5,7,15H,2,6H2,1H3,(H,14,16)/t7-/m1/s1. The first-order valence-electron chi connectivity index (χ1n) is 4.95. The predicted molar refractivity (Wildman–Crippen MR) is 55.0 cm³/mol. The molecule has 0 radical (unpaired) electrons. The molecule has 0 bridgehead atoms. The number of carbonyl (C=O) groups excluding carboxylic acids is 1. The SMILES string of the molecule is CC[C@H](CO)NC(=O)c1c(F)cccc1F. The summed E-state index contributed by atoms with van der Waals surface area (Å²) in [6.45, 7) is 1.48. The molecule has 16 heavy (non-hydrogen) atoms. The summed E-state index contributed by atoms with van der Waals surface area (Å²) in [6.07, 6.45) is 0.484. The molecule has 3 nitrogen and oxygen atoms in total. The van der Waals surface area contributed by atoms with Crippen molar-refractivity contribution < 1.29 is 18.7 Å². The van der Waals surface area contributed by atoms with Crippen molar-refractivity contribution in [2.24, 2.45) is 0 Å². The molecule has 0 saturated carbocycles. The van der Waals surface area contributed by atoms with Crippen LogP contribution in [0.2, 0.25) is 0 Å². The molecule has 0 aliphatic heterocycles. The van der Waals surface area contributed by atoms with E-state index in [-0.39, 0.29) is 6.61 Å². The Morgan fingerprint density at radius 3 is 2.44 bits per heavy atom. The number of aliphatic hydroxyl groups is 1. The fourth-order valence-electron chi connectivity index (χ4n) is 1.25. The lowest BCUT2D eigenvalue weighted by Crippen LogP contribution is -2.37. The molecule has 1 rings (SSSR count). The monoisotopic (exact) mass is 229 g/mol. The molecule has 0 fully saturated rings. The number of nitrogens with one attached hydrogen (secondary N) is 1. The van der Waals surface area contributed by atoms with E-state index in [1.165, 1.54) is 6.07 Å². The second-order valence-corrected chi connectivity index (χ2v) is 3.36. The van der Waals surface area contributed by atoms with Gasteiger partial charge in [0.1, 0.15) is 17.2 Å². The molecule has 2 N–H and O–H groups in total. The zero-order valence-corrected chi connectivity index (χ0v) is 8.84. The van der Waals surface area contributed by atoms with E-state index < -0.39 is 29.1 Å². The second kappa shape index (κ2) is 5.55. The number of hydrogen-bond acceptors (Lipinski definition) is 2. The summed E-state index contributed by atoms with van der Waals surface area (Å²) in [5, 5.41) is 11.2. The first-order valence-corrected chi connectivity index (χ1v) is 4.95. The average Bonchev–Trinajstić information content (AvgIpc) is 2.25. The Bertz CT molecular complexity index is 358. The highest BCUT2D eigenvalue weighted by Crippen LogP contribution is 2.12. The molecule has 1 aromatic carbocycles. The van der Waals surface area contributed by atoms with Crippen LogP contribution >= 0.6 is 0 Å². The Labute approximate surface area is 92.1 Å². The maximum absolute atomic E-state index is 13.2. The van der Waals surface area contributed by atoms with Crippen molar-refractivity contribution in [1.29, 1.82) is 0 Å². The Morgan fingerprint density at radius 2 is 2.00 bits per heavy atom. The summed E-state index contributed by atoms with van der Waals surface area (Å²) >= 11 is 0. The highest BCUT2D eigenvalue weighted by Gasteiger charge is 2.18. The van der Waals surface area contributed by atoms with Gasteiger partial charge < -0.3 is 10.4 Å². The maximum Gasteiger partial charge on any atom is 0.257 e. The van der Waals surface area contributed by atoms with Crippen molar-refractivity contribution in [3.63, 3.8) is 0 Å². The Kier molecular flexibility index (Phi) is 4.37. The minimum Gasteiger partial charge on any atom is -0.394 e. The normalized spacial score (nSPS) is 12.2. The zero-order valence-electron chi connectivity index (χ0n) is 8.84.